The lowest BCUT2D eigenvalue weighted by molar-refractivity contribution is -0.139. The summed E-state index contributed by atoms with van der Waals surface area (Å²) in [4.78, 5) is 22.9. The van der Waals surface area contributed by atoms with Crippen LogP contribution in [-0.4, -0.2) is 23.6 Å². The molecule has 0 aliphatic carbocycles. The van der Waals surface area contributed by atoms with E-state index < -0.39 is 5.97 Å². The number of para-hydroxylation sites is 1. The molecule has 0 unspecified atom stereocenters. The van der Waals surface area contributed by atoms with E-state index in [1.165, 1.54) is 0 Å². The van der Waals surface area contributed by atoms with E-state index in [-0.39, 0.29) is 12.5 Å². The quantitative estimate of drug-likeness (QED) is 0.751. The Balaban J connectivity index is 1.67. The van der Waals surface area contributed by atoms with Crippen LogP contribution in [0.4, 0.5) is 11.4 Å². The second kappa shape index (κ2) is 5.83. The van der Waals surface area contributed by atoms with Gasteiger partial charge in [-0.05, 0) is 30.3 Å². The molecule has 6 nitrogen and oxygen atoms in total. The maximum atomic E-state index is 12.3. The molecule has 2 aromatic carbocycles. The molecule has 0 fully saturated rings. The lowest BCUT2D eigenvalue weighted by atomic mass is 10.0. The van der Waals surface area contributed by atoms with Gasteiger partial charge in [-0.2, -0.15) is 0 Å². The van der Waals surface area contributed by atoms with E-state index in [2.05, 4.69) is 10.6 Å². The topological polar surface area (TPSA) is 87.7 Å². The molecule has 1 amide bonds. The predicted octanol–water partition coefficient (Wildman–Crippen LogP) is 2.95. The summed E-state index contributed by atoms with van der Waals surface area (Å²) in [6, 6.07) is 12.8. The first-order valence-corrected chi connectivity index (χ1v) is 7.70. The minimum Gasteiger partial charge on any atom is -0.482 e. The maximum absolute atomic E-state index is 12.3. The first kappa shape index (κ1) is 15.0. The molecule has 3 N–H and O–H groups in total. The van der Waals surface area contributed by atoms with Crippen LogP contribution >= 0.6 is 0 Å². The molecular formula is C19H14N2O4. The van der Waals surface area contributed by atoms with Crippen molar-refractivity contribution < 1.29 is 19.4 Å². The Morgan fingerprint density at radius 3 is 2.72 bits per heavy atom. The van der Waals surface area contributed by atoms with Crippen molar-refractivity contribution in [3.63, 3.8) is 0 Å². The number of carboxylic acid groups (broad SMARTS) is 1. The number of hydrogen-bond acceptors (Lipinski definition) is 4. The van der Waals surface area contributed by atoms with Gasteiger partial charge in [-0.1, -0.05) is 24.3 Å². The van der Waals surface area contributed by atoms with Crippen molar-refractivity contribution in [1.29, 1.82) is 0 Å². The van der Waals surface area contributed by atoms with Crippen molar-refractivity contribution in [3.8, 4) is 5.75 Å². The average Bonchev–Trinajstić information content (AvgIpc) is 2.95. The molecule has 124 valence electrons. The minimum absolute atomic E-state index is 0.141. The molecule has 6 heteroatoms. The monoisotopic (exact) mass is 334 g/mol. The van der Waals surface area contributed by atoms with Crippen LogP contribution in [0.2, 0.25) is 0 Å². The standard InChI is InChI=1S/C19H14N2O4/c22-17(23)10-25-12-6-8-14-11(9-12)5-7-16(20-14)18-13-3-1-2-4-15(13)21-19(18)24/h1-9,20H,10H2,(H,21,24)(H,22,23). The second-order valence-electron chi connectivity index (χ2n) is 5.68. The minimum atomic E-state index is -1.02. The number of carbonyl (C=O) groups excluding carboxylic acids is 1. The van der Waals surface area contributed by atoms with E-state index in [0.717, 1.165) is 22.5 Å². The molecule has 0 spiro atoms. The first-order valence-electron chi connectivity index (χ1n) is 7.70. The zero-order valence-corrected chi connectivity index (χ0v) is 13.1. The van der Waals surface area contributed by atoms with Gasteiger partial charge in [0.15, 0.2) is 6.61 Å². The normalized spacial score (nSPS) is 17.4. The Morgan fingerprint density at radius 1 is 1.04 bits per heavy atom. The highest BCUT2D eigenvalue weighted by atomic mass is 16.5. The zero-order valence-electron chi connectivity index (χ0n) is 13.1. The first-order chi connectivity index (χ1) is 12.1. The van der Waals surface area contributed by atoms with Crippen LogP contribution in [0.1, 0.15) is 11.1 Å². The molecule has 2 heterocycles. The zero-order chi connectivity index (χ0) is 17.4. The van der Waals surface area contributed by atoms with Crippen molar-refractivity contribution in [2.75, 3.05) is 17.2 Å². The number of nitrogens with one attached hydrogen (secondary N) is 2. The number of hydrogen-bond donors (Lipinski definition) is 3. The van der Waals surface area contributed by atoms with Crippen LogP contribution in [0.3, 0.4) is 0 Å². The number of carboxylic acids is 1. The van der Waals surface area contributed by atoms with Gasteiger partial charge in [0.05, 0.1) is 11.3 Å². The third-order valence-corrected chi connectivity index (χ3v) is 4.03. The summed E-state index contributed by atoms with van der Waals surface area (Å²) in [5.41, 5.74) is 4.67. The second-order valence-corrected chi connectivity index (χ2v) is 5.68. The maximum Gasteiger partial charge on any atom is 0.341 e. The summed E-state index contributed by atoms with van der Waals surface area (Å²) in [6.45, 7) is -0.387. The Bertz CT molecular complexity index is 960. The number of allylic oxidation sites excluding steroid dienone is 1. The van der Waals surface area contributed by atoms with Gasteiger partial charge in [0.1, 0.15) is 5.75 Å². The number of aliphatic carboxylic acids is 1. The van der Waals surface area contributed by atoms with Crippen molar-refractivity contribution in [2.45, 2.75) is 0 Å². The summed E-state index contributed by atoms with van der Waals surface area (Å²) < 4.78 is 5.19. The highest BCUT2D eigenvalue weighted by molar-refractivity contribution is 6.33. The third-order valence-electron chi connectivity index (χ3n) is 4.03. The van der Waals surface area contributed by atoms with Crippen molar-refractivity contribution in [3.05, 3.63) is 65.4 Å². The Kier molecular flexibility index (Phi) is 3.50. The molecule has 2 aliphatic heterocycles. The number of fused-ring (bicyclic) bond motifs is 2. The molecule has 2 aliphatic rings. The van der Waals surface area contributed by atoms with Crippen LogP contribution in [0, 0.1) is 0 Å². The van der Waals surface area contributed by atoms with Crippen LogP contribution < -0.4 is 15.4 Å². The van der Waals surface area contributed by atoms with Gasteiger partial charge < -0.3 is 20.5 Å². The number of ether oxygens (including phenoxy) is 1. The third kappa shape index (κ3) is 2.74. The van der Waals surface area contributed by atoms with E-state index in [4.69, 9.17) is 9.84 Å². The average molecular weight is 334 g/mol. The van der Waals surface area contributed by atoms with Crippen LogP contribution in [0.15, 0.2) is 54.2 Å². The summed E-state index contributed by atoms with van der Waals surface area (Å²) in [7, 11) is 0. The number of amides is 1. The molecule has 25 heavy (non-hydrogen) atoms. The predicted molar refractivity (Wildman–Crippen MR) is 94.2 cm³/mol. The van der Waals surface area contributed by atoms with Gasteiger partial charge in [0.25, 0.3) is 5.91 Å². The summed E-state index contributed by atoms with van der Waals surface area (Å²) in [5, 5.41) is 14.8. The largest absolute Gasteiger partial charge is 0.482 e. The van der Waals surface area contributed by atoms with Crippen molar-refractivity contribution >= 4 is 34.9 Å². The molecule has 0 bridgehead atoms. The summed E-state index contributed by atoms with van der Waals surface area (Å²) in [5.74, 6) is -0.685. The Morgan fingerprint density at radius 2 is 1.88 bits per heavy atom. The fraction of sp³-hybridized carbons (Fsp3) is 0.0526. The molecule has 0 aromatic heterocycles. The van der Waals surface area contributed by atoms with E-state index in [9.17, 15) is 9.59 Å². The van der Waals surface area contributed by atoms with Gasteiger partial charge in [-0.25, -0.2) is 4.79 Å². The van der Waals surface area contributed by atoms with Gasteiger partial charge in [-0.15, -0.1) is 0 Å². The fourth-order valence-electron chi connectivity index (χ4n) is 2.92. The highest BCUT2D eigenvalue weighted by Gasteiger charge is 2.27. The molecular weight excluding hydrogens is 320 g/mol. The highest BCUT2D eigenvalue weighted by Crippen LogP contribution is 2.37. The van der Waals surface area contributed by atoms with E-state index >= 15 is 0 Å². The van der Waals surface area contributed by atoms with Crippen LogP contribution in [0.5, 0.6) is 5.75 Å². The van der Waals surface area contributed by atoms with Gasteiger partial charge in [-0.3, -0.25) is 4.79 Å². The molecule has 0 atom stereocenters. The number of anilines is 2. The molecule has 0 saturated heterocycles. The van der Waals surface area contributed by atoms with E-state index in [0.29, 0.717) is 17.0 Å². The molecule has 2 aromatic rings. The Labute approximate surface area is 143 Å². The van der Waals surface area contributed by atoms with E-state index in [1.807, 2.05) is 36.4 Å². The van der Waals surface area contributed by atoms with Crippen molar-refractivity contribution in [1.82, 2.24) is 0 Å². The van der Waals surface area contributed by atoms with Gasteiger partial charge >= 0.3 is 5.97 Å². The van der Waals surface area contributed by atoms with Gasteiger partial charge in [0, 0.05) is 22.5 Å². The smallest absolute Gasteiger partial charge is 0.341 e. The summed E-state index contributed by atoms with van der Waals surface area (Å²) >= 11 is 0. The lowest BCUT2D eigenvalue weighted by Gasteiger charge is -2.18. The SMILES string of the molecule is O=C(O)COc1ccc2c(c1)C=CC(=C1C(=O)Nc3ccccc31)N2. The van der Waals surface area contributed by atoms with Crippen LogP contribution in [0.25, 0.3) is 11.6 Å². The fourth-order valence-corrected chi connectivity index (χ4v) is 2.92. The van der Waals surface area contributed by atoms with Crippen molar-refractivity contribution in [2.24, 2.45) is 0 Å². The summed E-state index contributed by atoms with van der Waals surface area (Å²) in [6.07, 6.45) is 3.70. The van der Waals surface area contributed by atoms with E-state index in [1.54, 1.807) is 18.2 Å². The number of carbonyl (C=O) groups is 2. The number of benzene rings is 2. The molecule has 0 radical (unpaired) electrons. The number of rotatable bonds is 3. The molecule has 4 rings (SSSR count). The molecule has 0 saturated carbocycles. The van der Waals surface area contributed by atoms with Gasteiger partial charge in [0.2, 0.25) is 0 Å². The lowest BCUT2D eigenvalue weighted by Crippen LogP contribution is -2.12. The Hall–Kier alpha value is -3.54. The van der Waals surface area contributed by atoms with Crippen LogP contribution in [-0.2, 0) is 9.59 Å².